The van der Waals surface area contributed by atoms with E-state index in [0.717, 1.165) is 22.7 Å². The zero-order chi connectivity index (χ0) is 23.2. The Bertz CT molecular complexity index is 985. The van der Waals surface area contributed by atoms with Crippen LogP contribution in [-0.4, -0.2) is 18.3 Å². The van der Waals surface area contributed by atoms with Gasteiger partial charge >= 0.3 is 0 Å². The lowest BCUT2D eigenvalue weighted by Crippen LogP contribution is -2.37. The number of allylic oxidation sites excluding steroid dienone is 2. The van der Waals surface area contributed by atoms with E-state index in [1.807, 2.05) is 54.6 Å². The molecule has 1 aliphatic carbocycles. The molecule has 2 aromatic rings. The van der Waals surface area contributed by atoms with Crippen molar-refractivity contribution in [3.05, 3.63) is 93.6 Å². The van der Waals surface area contributed by atoms with Gasteiger partial charge in [-0.25, -0.2) is 0 Å². The Labute approximate surface area is 189 Å². The first-order chi connectivity index (χ1) is 14.3. The Morgan fingerprint density at radius 3 is 1.71 bits per heavy atom. The van der Waals surface area contributed by atoms with Crippen molar-refractivity contribution < 1.29 is 10.2 Å². The van der Waals surface area contributed by atoms with E-state index >= 15 is 0 Å². The molecule has 0 radical (unpaired) electrons. The molecule has 2 atom stereocenters. The Kier molecular flexibility index (Phi) is 6.27. The molecule has 0 saturated carbocycles. The van der Waals surface area contributed by atoms with Gasteiger partial charge in [-0.3, -0.25) is 0 Å². The smallest absolute Gasteiger partial charge is 0.112 e. The molecule has 0 spiro atoms. The van der Waals surface area contributed by atoms with Crippen LogP contribution < -0.4 is 0 Å². The van der Waals surface area contributed by atoms with E-state index in [0.29, 0.717) is 0 Å². The van der Waals surface area contributed by atoms with E-state index in [1.54, 1.807) is 0 Å². The molecule has 2 unspecified atom stereocenters. The summed E-state index contributed by atoms with van der Waals surface area (Å²) >= 11 is 0. The Morgan fingerprint density at radius 1 is 0.806 bits per heavy atom. The predicted molar refractivity (Wildman–Crippen MR) is 134 cm³/mol. The average molecular weight is 435 g/mol. The van der Waals surface area contributed by atoms with Crippen LogP contribution in [-0.2, 0) is 5.60 Å². The third-order valence-electron chi connectivity index (χ3n) is 7.53. The maximum atomic E-state index is 11.9. The molecule has 0 aliphatic heterocycles. The molecule has 0 saturated heterocycles. The summed E-state index contributed by atoms with van der Waals surface area (Å²) < 4.78 is 0. The number of hydrogen-bond donors (Lipinski definition) is 2. The lowest BCUT2D eigenvalue weighted by atomic mass is 9.72. The molecule has 166 valence electrons. The van der Waals surface area contributed by atoms with Gasteiger partial charge in [0.15, 0.2) is 0 Å². The Balaban J connectivity index is 2.02. The quantitative estimate of drug-likeness (QED) is 0.481. The monoisotopic (exact) mass is 434 g/mol. The minimum absolute atomic E-state index is 0.399. The molecule has 3 rings (SSSR count). The molecule has 1 aliphatic rings. The second-order valence-electron chi connectivity index (χ2n) is 10.7. The summed E-state index contributed by atoms with van der Waals surface area (Å²) in [5, 5.41) is 23.3. The molecule has 0 fully saturated rings. The number of aliphatic hydroxyl groups is 2. The van der Waals surface area contributed by atoms with Crippen LogP contribution in [0.25, 0.3) is 0 Å². The normalized spacial score (nSPS) is 19.5. The molecule has 2 aromatic carbocycles. The van der Waals surface area contributed by atoms with Crippen molar-refractivity contribution in [3.8, 4) is 0 Å². The van der Waals surface area contributed by atoms with E-state index < -0.39 is 25.2 Å². The van der Waals surface area contributed by atoms with Gasteiger partial charge in [-0.05, 0) is 68.5 Å². The summed E-state index contributed by atoms with van der Waals surface area (Å²) in [4.78, 5) is 0. The highest BCUT2D eigenvalue weighted by Crippen LogP contribution is 2.53. The standard InChI is InChI=1S/C28H38O2Si/c1-19-20(2)22(4)27(5,21(19)3)26(29)23-14-16-25(17-15-23)28(30,18-31(6,7)8)24-12-10-9-11-13-24/h9-17,26,29-30H,18H2,1-8H3. The first-order valence-corrected chi connectivity index (χ1v) is 15.0. The fraction of sp³-hybridized carbons (Fsp3) is 0.429. The van der Waals surface area contributed by atoms with Gasteiger partial charge in [-0.1, -0.05) is 85.4 Å². The van der Waals surface area contributed by atoms with Gasteiger partial charge in [0.1, 0.15) is 5.60 Å². The van der Waals surface area contributed by atoms with Crippen molar-refractivity contribution in [1.82, 2.24) is 0 Å². The zero-order valence-corrected chi connectivity index (χ0v) is 21.4. The van der Waals surface area contributed by atoms with Crippen LogP contribution in [0.15, 0.2) is 76.9 Å². The fourth-order valence-corrected chi connectivity index (χ4v) is 7.10. The Morgan fingerprint density at radius 2 is 1.26 bits per heavy atom. The summed E-state index contributed by atoms with van der Waals surface area (Å²) in [7, 11) is -1.57. The topological polar surface area (TPSA) is 40.5 Å². The van der Waals surface area contributed by atoms with Crippen molar-refractivity contribution in [2.75, 3.05) is 0 Å². The number of benzene rings is 2. The number of hydrogen-bond acceptors (Lipinski definition) is 2. The summed E-state index contributed by atoms with van der Waals surface area (Å²) in [6.45, 7) is 17.6. The largest absolute Gasteiger partial charge is 0.387 e. The van der Waals surface area contributed by atoms with Crippen LogP contribution in [0.2, 0.25) is 25.7 Å². The molecule has 2 nitrogen and oxygen atoms in total. The fourth-order valence-electron chi connectivity index (χ4n) is 5.16. The van der Waals surface area contributed by atoms with Crippen molar-refractivity contribution in [3.63, 3.8) is 0 Å². The molecular formula is C28H38O2Si. The van der Waals surface area contributed by atoms with Gasteiger partial charge in [0, 0.05) is 13.5 Å². The number of aliphatic hydroxyl groups excluding tert-OH is 1. The third kappa shape index (κ3) is 4.11. The van der Waals surface area contributed by atoms with E-state index in [4.69, 9.17) is 0 Å². The molecule has 3 heteroatoms. The van der Waals surface area contributed by atoms with Gasteiger partial charge in [-0.2, -0.15) is 0 Å². The summed E-state index contributed by atoms with van der Waals surface area (Å²) in [6, 6.07) is 18.7. The van der Waals surface area contributed by atoms with Crippen molar-refractivity contribution in [1.29, 1.82) is 0 Å². The van der Waals surface area contributed by atoms with E-state index in [1.165, 1.54) is 22.3 Å². The number of rotatable bonds is 6. The van der Waals surface area contributed by atoms with Crippen molar-refractivity contribution >= 4 is 8.07 Å². The maximum Gasteiger partial charge on any atom is 0.112 e. The SMILES string of the molecule is CC1=C(C)C(C)(C(O)c2ccc(C(O)(C[Si](C)(C)C)c3ccccc3)cc2)C(C)=C1C. The highest BCUT2D eigenvalue weighted by molar-refractivity contribution is 6.76. The van der Waals surface area contributed by atoms with Gasteiger partial charge in [0.05, 0.1) is 6.10 Å². The summed E-state index contributed by atoms with van der Waals surface area (Å²) in [5.74, 6) is 0. The molecular weight excluding hydrogens is 396 g/mol. The molecule has 0 amide bonds. The summed E-state index contributed by atoms with van der Waals surface area (Å²) in [6.07, 6.45) is -0.629. The maximum absolute atomic E-state index is 11.9. The molecule has 0 heterocycles. The minimum Gasteiger partial charge on any atom is -0.387 e. The second-order valence-corrected chi connectivity index (χ2v) is 16.2. The van der Waals surface area contributed by atoms with E-state index in [-0.39, 0.29) is 0 Å². The summed E-state index contributed by atoms with van der Waals surface area (Å²) in [5.41, 5.74) is 6.31. The van der Waals surface area contributed by atoms with Crippen LogP contribution >= 0.6 is 0 Å². The average Bonchev–Trinajstić information content (AvgIpc) is 2.88. The second kappa shape index (κ2) is 8.20. The van der Waals surface area contributed by atoms with Gasteiger partial charge in [-0.15, -0.1) is 0 Å². The first-order valence-electron chi connectivity index (χ1n) is 11.2. The van der Waals surface area contributed by atoms with Gasteiger partial charge in [0.25, 0.3) is 0 Å². The molecule has 31 heavy (non-hydrogen) atoms. The zero-order valence-electron chi connectivity index (χ0n) is 20.4. The lowest BCUT2D eigenvalue weighted by molar-refractivity contribution is 0.0859. The van der Waals surface area contributed by atoms with Gasteiger partial charge in [0.2, 0.25) is 0 Å². The lowest BCUT2D eigenvalue weighted by Gasteiger charge is -2.36. The van der Waals surface area contributed by atoms with Crippen molar-refractivity contribution in [2.24, 2.45) is 5.41 Å². The van der Waals surface area contributed by atoms with Crippen LogP contribution in [0.5, 0.6) is 0 Å². The van der Waals surface area contributed by atoms with Crippen LogP contribution in [0.4, 0.5) is 0 Å². The van der Waals surface area contributed by atoms with E-state index in [2.05, 4.69) is 54.3 Å². The van der Waals surface area contributed by atoms with Crippen LogP contribution in [0.3, 0.4) is 0 Å². The minimum atomic E-state index is -1.57. The van der Waals surface area contributed by atoms with Crippen LogP contribution in [0, 0.1) is 5.41 Å². The van der Waals surface area contributed by atoms with Crippen LogP contribution in [0.1, 0.15) is 57.4 Å². The molecule has 2 N–H and O–H groups in total. The molecule has 0 bridgehead atoms. The highest BCUT2D eigenvalue weighted by Gasteiger charge is 2.43. The molecule has 0 aromatic heterocycles. The van der Waals surface area contributed by atoms with Crippen molar-refractivity contribution in [2.45, 2.75) is 72.0 Å². The highest BCUT2D eigenvalue weighted by atomic mass is 28.3. The first kappa shape index (κ1) is 23.7. The predicted octanol–water partition coefficient (Wildman–Crippen LogP) is 6.99. The Hall–Kier alpha value is -1.94. The third-order valence-corrected chi connectivity index (χ3v) is 9.11. The van der Waals surface area contributed by atoms with Gasteiger partial charge < -0.3 is 10.2 Å². The van der Waals surface area contributed by atoms with E-state index in [9.17, 15) is 10.2 Å².